The zero-order chi connectivity index (χ0) is 11.1. The summed E-state index contributed by atoms with van der Waals surface area (Å²) < 4.78 is 21.9. The van der Waals surface area contributed by atoms with E-state index < -0.39 is 0 Å². The summed E-state index contributed by atoms with van der Waals surface area (Å²) in [5, 5.41) is 0. The lowest BCUT2D eigenvalue weighted by Crippen LogP contribution is -2.20. The van der Waals surface area contributed by atoms with E-state index >= 15 is 0 Å². The lowest BCUT2D eigenvalue weighted by molar-refractivity contribution is -0.0681. The minimum absolute atomic E-state index is 0.151. The van der Waals surface area contributed by atoms with Crippen LogP contribution in [-0.4, -0.2) is 26.9 Å². The average Bonchev–Trinajstić information content (AvgIpc) is 2.70. The van der Waals surface area contributed by atoms with Gasteiger partial charge in [0.25, 0.3) is 0 Å². The van der Waals surface area contributed by atoms with Gasteiger partial charge in [-0.2, -0.15) is 0 Å². The highest BCUT2D eigenvalue weighted by Gasteiger charge is 2.37. The van der Waals surface area contributed by atoms with E-state index in [4.69, 9.17) is 18.9 Å². The van der Waals surface area contributed by atoms with Crippen LogP contribution < -0.4 is 9.47 Å². The smallest absolute Gasteiger partial charge is 0.184 e. The van der Waals surface area contributed by atoms with E-state index in [-0.39, 0.29) is 12.4 Å². The fourth-order valence-electron chi connectivity index (χ4n) is 2.38. The van der Waals surface area contributed by atoms with E-state index in [1.54, 1.807) is 14.2 Å². The highest BCUT2D eigenvalue weighted by molar-refractivity contribution is 5.52. The molecule has 2 atom stereocenters. The molecule has 16 heavy (non-hydrogen) atoms. The molecule has 1 saturated heterocycles. The molecule has 4 nitrogen and oxygen atoms in total. The SMILES string of the molecule is COc1ccc2c(c1OC)C[C@H]1CO[C@@H]2O1. The Kier molecular flexibility index (Phi) is 2.26. The summed E-state index contributed by atoms with van der Waals surface area (Å²) in [7, 11) is 3.31. The molecule has 0 aliphatic carbocycles. The molecule has 2 heterocycles. The van der Waals surface area contributed by atoms with Gasteiger partial charge in [-0.1, -0.05) is 0 Å². The number of methoxy groups -OCH3 is 2. The molecular weight excluding hydrogens is 208 g/mol. The zero-order valence-electron chi connectivity index (χ0n) is 9.36. The van der Waals surface area contributed by atoms with Crippen molar-refractivity contribution in [2.75, 3.05) is 20.8 Å². The van der Waals surface area contributed by atoms with E-state index in [1.807, 2.05) is 12.1 Å². The highest BCUT2D eigenvalue weighted by Crippen LogP contribution is 2.44. The zero-order valence-corrected chi connectivity index (χ0v) is 9.36. The molecule has 2 aliphatic heterocycles. The third-order valence-corrected chi connectivity index (χ3v) is 3.12. The van der Waals surface area contributed by atoms with Crippen LogP contribution in [0, 0.1) is 0 Å². The molecule has 0 aromatic heterocycles. The first-order valence-corrected chi connectivity index (χ1v) is 5.34. The Hall–Kier alpha value is -1.26. The van der Waals surface area contributed by atoms with Crippen LogP contribution in [0.5, 0.6) is 11.5 Å². The Morgan fingerprint density at radius 1 is 1.25 bits per heavy atom. The number of hydrogen-bond acceptors (Lipinski definition) is 4. The maximum absolute atomic E-state index is 5.68. The standard InChI is InChI=1S/C12H14O4/c1-13-10-4-3-8-9(11(10)14-2)5-7-6-15-12(8)16-7/h3-4,7,12H,5-6H2,1-2H3/t7-,12+/m0/s1. The van der Waals surface area contributed by atoms with Crippen molar-refractivity contribution in [3.63, 3.8) is 0 Å². The maximum Gasteiger partial charge on any atom is 0.184 e. The molecule has 0 amide bonds. The largest absolute Gasteiger partial charge is 0.493 e. The van der Waals surface area contributed by atoms with E-state index in [0.29, 0.717) is 6.61 Å². The molecule has 4 heteroatoms. The normalized spacial score (nSPS) is 26.4. The molecule has 2 aliphatic rings. The van der Waals surface area contributed by atoms with Crippen molar-refractivity contribution < 1.29 is 18.9 Å². The number of ether oxygens (including phenoxy) is 4. The molecule has 0 unspecified atom stereocenters. The van der Waals surface area contributed by atoms with Crippen molar-refractivity contribution in [3.8, 4) is 11.5 Å². The van der Waals surface area contributed by atoms with Crippen molar-refractivity contribution in [2.24, 2.45) is 0 Å². The van der Waals surface area contributed by atoms with Crippen LogP contribution in [0.25, 0.3) is 0 Å². The van der Waals surface area contributed by atoms with Crippen LogP contribution in [0.4, 0.5) is 0 Å². The fraction of sp³-hybridized carbons (Fsp3) is 0.500. The van der Waals surface area contributed by atoms with Crippen molar-refractivity contribution in [2.45, 2.75) is 18.8 Å². The van der Waals surface area contributed by atoms with Gasteiger partial charge in [0.15, 0.2) is 17.8 Å². The summed E-state index contributed by atoms with van der Waals surface area (Å²) >= 11 is 0. The van der Waals surface area contributed by atoms with Crippen molar-refractivity contribution in [1.82, 2.24) is 0 Å². The molecule has 2 bridgehead atoms. The number of fused-ring (bicyclic) bond motifs is 4. The summed E-state index contributed by atoms with van der Waals surface area (Å²) in [4.78, 5) is 0. The Bertz CT molecular complexity index is 416. The second kappa shape index (κ2) is 3.64. The highest BCUT2D eigenvalue weighted by atomic mass is 16.7. The molecule has 1 fully saturated rings. The van der Waals surface area contributed by atoms with Gasteiger partial charge in [-0.05, 0) is 12.1 Å². The topological polar surface area (TPSA) is 36.9 Å². The third-order valence-electron chi connectivity index (χ3n) is 3.12. The lowest BCUT2D eigenvalue weighted by atomic mass is 9.98. The first-order valence-electron chi connectivity index (χ1n) is 5.34. The summed E-state index contributed by atoms with van der Waals surface area (Å²) in [6, 6.07) is 3.88. The number of hydrogen-bond donors (Lipinski definition) is 0. The van der Waals surface area contributed by atoms with Gasteiger partial charge in [-0.15, -0.1) is 0 Å². The first-order chi connectivity index (χ1) is 7.83. The molecule has 0 saturated carbocycles. The Morgan fingerprint density at radius 2 is 2.12 bits per heavy atom. The van der Waals surface area contributed by atoms with Crippen LogP contribution >= 0.6 is 0 Å². The van der Waals surface area contributed by atoms with Crippen molar-refractivity contribution in [3.05, 3.63) is 23.3 Å². The molecule has 1 aromatic carbocycles. The van der Waals surface area contributed by atoms with Crippen LogP contribution in [0.15, 0.2) is 12.1 Å². The van der Waals surface area contributed by atoms with Crippen LogP contribution in [0.3, 0.4) is 0 Å². The van der Waals surface area contributed by atoms with Gasteiger partial charge in [-0.3, -0.25) is 0 Å². The van der Waals surface area contributed by atoms with Gasteiger partial charge in [0.1, 0.15) is 0 Å². The number of rotatable bonds is 2. The Balaban J connectivity index is 2.13. The van der Waals surface area contributed by atoms with Gasteiger partial charge < -0.3 is 18.9 Å². The van der Waals surface area contributed by atoms with E-state index in [1.165, 1.54) is 0 Å². The van der Waals surface area contributed by atoms with E-state index in [9.17, 15) is 0 Å². The number of benzene rings is 1. The summed E-state index contributed by atoms with van der Waals surface area (Å²) in [6.45, 7) is 0.658. The van der Waals surface area contributed by atoms with Gasteiger partial charge in [0, 0.05) is 17.5 Å². The van der Waals surface area contributed by atoms with Crippen LogP contribution in [0.2, 0.25) is 0 Å². The fourth-order valence-corrected chi connectivity index (χ4v) is 2.38. The van der Waals surface area contributed by atoms with Gasteiger partial charge in [0.05, 0.1) is 26.9 Å². The second-order valence-corrected chi connectivity index (χ2v) is 4.00. The molecular formula is C12H14O4. The predicted molar refractivity (Wildman–Crippen MR) is 56.8 cm³/mol. The summed E-state index contributed by atoms with van der Waals surface area (Å²) in [5.41, 5.74) is 2.21. The molecule has 0 N–H and O–H groups in total. The molecule has 0 spiro atoms. The van der Waals surface area contributed by atoms with Gasteiger partial charge in [0.2, 0.25) is 0 Å². The van der Waals surface area contributed by atoms with Gasteiger partial charge in [-0.25, -0.2) is 0 Å². The van der Waals surface area contributed by atoms with Crippen molar-refractivity contribution >= 4 is 0 Å². The summed E-state index contributed by atoms with van der Waals surface area (Å²) in [5.74, 6) is 1.58. The van der Waals surface area contributed by atoms with Crippen LogP contribution in [-0.2, 0) is 15.9 Å². The Morgan fingerprint density at radius 3 is 2.88 bits per heavy atom. The monoisotopic (exact) mass is 222 g/mol. The first kappa shape index (κ1) is 9.93. The minimum atomic E-state index is -0.228. The molecule has 86 valence electrons. The molecule has 1 aromatic rings. The minimum Gasteiger partial charge on any atom is -0.493 e. The molecule has 0 radical (unpaired) electrons. The van der Waals surface area contributed by atoms with E-state index in [0.717, 1.165) is 29.0 Å². The predicted octanol–water partition coefficient (Wildman–Crippen LogP) is 1.67. The second-order valence-electron chi connectivity index (χ2n) is 4.00. The average molecular weight is 222 g/mol. The quantitative estimate of drug-likeness (QED) is 0.762. The maximum atomic E-state index is 5.68. The Labute approximate surface area is 94.1 Å². The summed E-state index contributed by atoms with van der Waals surface area (Å²) in [6.07, 6.45) is 0.749. The lowest BCUT2D eigenvalue weighted by Gasteiger charge is -2.24. The van der Waals surface area contributed by atoms with Crippen molar-refractivity contribution in [1.29, 1.82) is 0 Å². The van der Waals surface area contributed by atoms with Gasteiger partial charge >= 0.3 is 0 Å². The van der Waals surface area contributed by atoms with Crippen LogP contribution in [0.1, 0.15) is 17.4 Å². The molecule has 3 rings (SSSR count). The van der Waals surface area contributed by atoms with E-state index in [2.05, 4.69) is 0 Å². The third kappa shape index (κ3) is 1.30.